The third-order valence-corrected chi connectivity index (χ3v) is 7.17. The van der Waals surface area contributed by atoms with E-state index in [-0.39, 0.29) is 5.91 Å². The van der Waals surface area contributed by atoms with Crippen LogP contribution in [0.4, 0.5) is 5.69 Å². The van der Waals surface area contributed by atoms with E-state index in [4.69, 9.17) is 0 Å². The summed E-state index contributed by atoms with van der Waals surface area (Å²) in [5.74, 6) is 1.68. The topological polar surface area (TPSA) is 35.6 Å². The van der Waals surface area contributed by atoms with E-state index < -0.39 is 0 Å². The highest BCUT2D eigenvalue weighted by Crippen LogP contribution is 2.44. The average Bonchev–Trinajstić information content (AvgIpc) is 3.39. The van der Waals surface area contributed by atoms with Gasteiger partial charge in [0.05, 0.1) is 0 Å². The minimum absolute atomic E-state index is 0.102. The Balaban J connectivity index is 1.12. The molecule has 1 N–H and O–H groups in total. The fraction of sp³-hybridized carbons (Fsp3) is 0.480. The van der Waals surface area contributed by atoms with Crippen molar-refractivity contribution in [3.8, 4) is 0 Å². The molecule has 0 spiro atoms. The fourth-order valence-corrected chi connectivity index (χ4v) is 5.50. The molecule has 152 valence electrons. The lowest BCUT2D eigenvalue weighted by molar-refractivity contribution is 0.0923. The molecular formula is C25H31N3O. The van der Waals surface area contributed by atoms with Gasteiger partial charge in [0.1, 0.15) is 0 Å². The molecule has 1 amide bonds. The molecule has 0 aromatic heterocycles. The number of rotatable bonds is 5. The Morgan fingerprint density at radius 1 is 0.897 bits per heavy atom. The number of amides is 1. The predicted octanol–water partition coefficient (Wildman–Crippen LogP) is 3.93. The van der Waals surface area contributed by atoms with Gasteiger partial charge in [0, 0.05) is 50.0 Å². The molecule has 29 heavy (non-hydrogen) atoms. The molecule has 3 aliphatic rings. The lowest BCUT2D eigenvalue weighted by Crippen LogP contribution is -2.45. The van der Waals surface area contributed by atoms with Crippen molar-refractivity contribution in [2.45, 2.75) is 38.3 Å². The average molecular weight is 390 g/mol. The summed E-state index contributed by atoms with van der Waals surface area (Å²) in [6.07, 6.45) is 5.17. The standard InChI is InChI=1S/C25H31N3O/c29-25(26-24-17-20-8-11-22(24)16-20)21-9-6-19(7-10-21)18-27-12-14-28(15-13-27)23-4-2-1-3-5-23/h1-7,9-10,20,22,24H,8,11-18H2,(H,26,29)/t20-,22-,24+/m0/s1. The molecule has 2 bridgehead atoms. The van der Waals surface area contributed by atoms with Gasteiger partial charge in [0.25, 0.3) is 5.91 Å². The fourth-order valence-electron chi connectivity index (χ4n) is 5.50. The van der Waals surface area contributed by atoms with Gasteiger partial charge in [-0.2, -0.15) is 0 Å². The Labute approximate surface area is 173 Å². The van der Waals surface area contributed by atoms with Gasteiger partial charge >= 0.3 is 0 Å². The predicted molar refractivity (Wildman–Crippen MR) is 117 cm³/mol. The second-order valence-corrected chi connectivity index (χ2v) is 9.05. The molecule has 5 rings (SSSR count). The summed E-state index contributed by atoms with van der Waals surface area (Å²) in [6.45, 7) is 5.22. The molecule has 4 heteroatoms. The van der Waals surface area contributed by atoms with E-state index in [1.165, 1.54) is 36.9 Å². The van der Waals surface area contributed by atoms with Crippen molar-refractivity contribution in [3.63, 3.8) is 0 Å². The third kappa shape index (κ3) is 4.18. The summed E-state index contributed by atoms with van der Waals surface area (Å²) < 4.78 is 0. The number of para-hydroxylation sites is 1. The monoisotopic (exact) mass is 389 g/mol. The van der Waals surface area contributed by atoms with Gasteiger partial charge in [-0.3, -0.25) is 9.69 Å². The van der Waals surface area contributed by atoms with Crippen LogP contribution in [0.2, 0.25) is 0 Å². The summed E-state index contributed by atoms with van der Waals surface area (Å²) >= 11 is 0. The van der Waals surface area contributed by atoms with Crippen LogP contribution in [-0.2, 0) is 6.54 Å². The van der Waals surface area contributed by atoms with Crippen molar-refractivity contribution >= 4 is 11.6 Å². The Morgan fingerprint density at radius 2 is 1.66 bits per heavy atom. The van der Waals surface area contributed by atoms with E-state index in [0.29, 0.717) is 6.04 Å². The van der Waals surface area contributed by atoms with E-state index in [1.807, 2.05) is 12.1 Å². The zero-order valence-corrected chi connectivity index (χ0v) is 17.1. The van der Waals surface area contributed by atoms with Gasteiger partial charge in [-0.1, -0.05) is 36.8 Å². The largest absolute Gasteiger partial charge is 0.369 e. The molecule has 2 aromatic rings. The summed E-state index contributed by atoms with van der Waals surface area (Å²) in [4.78, 5) is 17.6. The smallest absolute Gasteiger partial charge is 0.251 e. The number of nitrogens with one attached hydrogen (secondary N) is 1. The van der Waals surface area contributed by atoms with Crippen LogP contribution < -0.4 is 10.2 Å². The zero-order valence-electron chi connectivity index (χ0n) is 17.1. The maximum absolute atomic E-state index is 12.6. The van der Waals surface area contributed by atoms with Crippen LogP contribution in [-0.4, -0.2) is 43.0 Å². The Morgan fingerprint density at radius 3 is 2.31 bits per heavy atom. The molecule has 2 saturated carbocycles. The molecule has 1 heterocycles. The number of nitrogens with zero attached hydrogens (tertiary/aromatic N) is 2. The van der Waals surface area contributed by atoms with Crippen LogP contribution in [0.5, 0.6) is 0 Å². The number of carbonyl (C=O) groups excluding carboxylic acids is 1. The first-order valence-electron chi connectivity index (χ1n) is 11.2. The Hall–Kier alpha value is -2.33. The molecule has 0 unspecified atom stereocenters. The first-order valence-corrected chi connectivity index (χ1v) is 11.2. The van der Waals surface area contributed by atoms with E-state index in [1.54, 1.807) is 0 Å². The highest BCUT2D eigenvalue weighted by molar-refractivity contribution is 5.94. The maximum atomic E-state index is 12.6. The molecule has 3 atom stereocenters. The SMILES string of the molecule is O=C(N[C@@H]1C[C@H]2CC[C@H]1C2)c1ccc(CN2CCN(c3ccccc3)CC2)cc1. The number of hydrogen-bond donors (Lipinski definition) is 1. The lowest BCUT2D eigenvalue weighted by Gasteiger charge is -2.36. The minimum Gasteiger partial charge on any atom is -0.369 e. The van der Waals surface area contributed by atoms with Crippen molar-refractivity contribution in [2.75, 3.05) is 31.1 Å². The number of anilines is 1. The molecule has 2 aliphatic carbocycles. The van der Waals surface area contributed by atoms with Crippen molar-refractivity contribution in [1.29, 1.82) is 0 Å². The van der Waals surface area contributed by atoms with Gasteiger partial charge in [0.15, 0.2) is 0 Å². The lowest BCUT2D eigenvalue weighted by atomic mass is 9.95. The van der Waals surface area contributed by atoms with E-state index in [0.717, 1.165) is 50.1 Å². The van der Waals surface area contributed by atoms with Crippen LogP contribution in [0.15, 0.2) is 54.6 Å². The molecule has 1 aliphatic heterocycles. The highest BCUT2D eigenvalue weighted by atomic mass is 16.1. The van der Waals surface area contributed by atoms with Gasteiger partial charge in [-0.25, -0.2) is 0 Å². The van der Waals surface area contributed by atoms with E-state index in [2.05, 4.69) is 57.6 Å². The summed E-state index contributed by atoms with van der Waals surface area (Å²) in [5.41, 5.74) is 3.40. The first kappa shape index (κ1) is 18.7. The van der Waals surface area contributed by atoms with Gasteiger partial charge < -0.3 is 10.2 Å². The quantitative estimate of drug-likeness (QED) is 0.842. The second kappa shape index (κ2) is 8.19. The molecule has 1 saturated heterocycles. The van der Waals surface area contributed by atoms with Crippen molar-refractivity contribution in [2.24, 2.45) is 11.8 Å². The first-order chi connectivity index (χ1) is 14.2. The number of piperazine rings is 1. The zero-order chi connectivity index (χ0) is 19.6. The molecular weight excluding hydrogens is 358 g/mol. The maximum Gasteiger partial charge on any atom is 0.251 e. The van der Waals surface area contributed by atoms with Crippen LogP contribution in [0.3, 0.4) is 0 Å². The Bertz CT molecular complexity index is 827. The van der Waals surface area contributed by atoms with Crippen LogP contribution in [0, 0.1) is 11.8 Å². The van der Waals surface area contributed by atoms with E-state index >= 15 is 0 Å². The van der Waals surface area contributed by atoms with E-state index in [9.17, 15) is 4.79 Å². The minimum atomic E-state index is 0.102. The third-order valence-electron chi connectivity index (χ3n) is 7.17. The summed E-state index contributed by atoms with van der Waals surface area (Å²) in [5, 5.41) is 3.29. The number of benzene rings is 2. The molecule has 4 nitrogen and oxygen atoms in total. The van der Waals surface area contributed by atoms with Gasteiger partial charge in [-0.15, -0.1) is 0 Å². The number of carbonyl (C=O) groups is 1. The van der Waals surface area contributed by atoms with Gasteiger partial charge in [0.2, 0.25) is 0 Å². The number of hydrogen-bond acceptors (Lipinski definition) is 3. The Kier molecular flexibility index (Phi) is 5.28. The van der Waals surface area contributed by atoms with Crippen LogP contribution in [0.25, 0.3) is 0 Å². The summed E-state index contributed by atoms with van der Waals surface area (Å²) in [7, 11) is 0. The summed E-state index contributed by atoms with van der Waals surface area (Å²) in [6, 6.07) is 19.3. The van der Waals surface area contributed by atoms with Crippen molar-refractivity contribution < 1.29 is 4.79 Å². The molecule has 3 fully saturated rings. The van der Waals surface area contributed by atoms with Crippen LogP contribution >= 0.6 is 0 Å². The molecule has 0 radical (unpaired) electrons. The normalized spacial score (nSPS) is 26.6. The highest BCUT2D eigenvalue weighted by Gasteiger charge is 2.40. The van der Waals surface area contributed by atoms with Crippen molar-refractivity contribution in [1.82, 2.24) is 10.2 Å². The molecule has 2 aromatic carbocycles. The second-order valence-electron chi connectivity index (χ2n) is 9.05. The number of fused-ring (bicyclic) bond motifs is 2. The van der Waals surface area contributed by atoms with Crippen molar-refractivity contribution in [3.05, 3.63) is 65.7 Å². The van der Waals surface area contributed by atoms with Gasteiger partial charge in [-0.05, 0) is 60.9 Å². The van der Waals surface area contributed by atoms with Crippen LogP contribution in [0.1, 0.15) is 41.6 Å².